The van der Waals surface area contributed by atoms with Gasteiger partial charge in [-0.25, -0.2) is 9.07 Å². The molecular formula is C18H14ClFN4O2. The summed E-state index contributed by atoms with van der Waals surface area (Å²) in [5, 5.41) is 4.32. The van der Waals surface area contributed by atoms with Gasteiger partial charge >= 0.3 is 0 Å². The summed E-state index contributed by atoms with van der Waals surface area (Å²) in [7, 11) is 0. The minimum absolute atomic E-state index is 0.202. The maximum atomic E-state index is 13.9. The molecule has 0 aliphatic heterocycles. The molecule has 6 nitrogen and oxygen atoms in total. The third kappa shape index (κ3) is 3.43. The Kier molecular flexibility index (Phi) is 4.99. The Morgan fingerprint density at radius 1 is 1.00 bits per heavy atom. The average Bonchev–Trinajstić information content (AvgIpc) is 3.01. The van der Waals surface area contributed by atoms with E-state index in [2.05, 4.69) is 16.0 Å². The minimum atomic E-state index is -0.578. The van der Waals surface area contributed by atoms with E-state index in [9.17, 15) is 14.0 Å². The Morgan fingerprint density at radius 2 is 1.62 bits per heavy atom. The number of rotatable bonds is 3. The number of amides is 2. The van der Waals surface area contributed by atoms with Crippen molar-refractivity contribution in [3.63, 3.8) is 0 Å². The summed E-state index contributed by atoms with van der Waals surface area (Å²) in [6.45, 7) is 1.63. The lowest BCUT2D eigenvalue weighted by molar-refractivity contribution is 0.0846. The molecule has 0 saturated heterocycles. The van der Waals surface area contributed by atoms with E-state index in [1.54, 1.807) is 43.3 Å². The highest BCUT2D eigenvalue weighted by Crippen LogP contribution is 2.17. The van der Waals surface area contributed by atoms with Gasteiger partial charge in [0.05, 0.1) is 28.0 Å². The molecule has 26 heavy (non-hydrogen) atoms. The molecular weight excluding hydrogens is 359 g/mol. The van der Waals surface area contributed by atoms with Crippen LogP contribution < -0.4 is 10.9 Å². The van der Waals surface area contributed by atoms with Crippen LogP contribution in [0.2, 0.25) is 5.02 Å². The highest BCUT2D eigenvalue weighted by Gasteiger charge is 2.18. The number of para-hydroxylation sites is 1. The van der Waals surface area contributed by atoms with Gasteiger partial charge in [0.25, 0.3) is 11.8 Å². The van der Waals surface area contributed by atoms with Gasteiger partial charge in [-0.15, -0.1) is 0 Å². The van der Waals surface area contributed by atoms with Gasteiger partial charge < -0.3 is 0 Å². The van der Waals surface area contributed by atoms with Crippen LogP contribution in [-0.4, -0.2) is 21.6 Å². The quantitative estimate of drug-likeness (QED) is 0.694. The second-order valence-electron chi connectivity index (χ2n) is 5.39. The third-order valence-corrected chi connectivity index (χ3v) is 4.07. The Balaban J connectivity index is 1.74. The van der Waals surface area contributed by atoms with Gasteiger partial charge in [-0.05, 0) is 31.2 Å². The number of hydrogen-bond donors (Lipinski definition) is 2. The van der Waals surface area contributed by atoms with Crippen LogP contribution in [0.15, 0.2) is 54.7 Å². The molecule has 0 unspecified atom stereocenters. The van der Waals surface area contributed by atoms with Crippen molar-refractivity contribution in [1.29, 1.82) is 0 Å². The number of carbonyl (C=O) groups is 2. The molecule has 2 amide bonds. The van der Waals surface area contributed by atoms with Crippen LogP contribution in [0.3, 0.4) is 0 Å². The summed E-state index contributed by atoms with van der Waals surface area (Å²) in [6, 6.07) is 12.5. The van der Waals surface area contributed by atoms with Crippen LogP contribution in [0.1, 0.15) is 26.4 Å². The number of carbonyl (C=O) groups excluding carboxylic acids is 2. The monoisotopic (exact) mass is 372 g/mol. The second kappa shape index (κ2) is 7.37. The zero-order chi connectivity index (χ0) is 18.7. The van der Waals surface area contributed by atoms with Crippen LogP contribution in [0, 0.1) is 12.7 Å². The van der Waals surface area contributed by atoms with E-state index < -0.39 is 17.6 Å². The molecule has 132 valence electrons. The van der Waals surface area contributed by atoms with Crippen molar-refractivity contribution in [2.45, 2.75) is 6.92 Å². The third-order valence-electron chi connectivity index (χ3n) is 3.74. The van der Waals surface area contributed by atoms with Crippen LogP contribution in [0.25, 0.3) is 5.69 Å². The molecule has 0 aliphatic carbocycles. The fourth-order valence-electron chi connectivity index (χ4n) is 2.39. The standard InChI is InChI=1S/C18H14ClFN4O2/c1-11-13(10-21-24(11)16-9-5-4-8-15(16)20)18(26)23-22-17(25)12-6-2-3-7-14(12)19/h2-10H,1H3,(H,22,25)(H,23,26). The van der Waals surface area contributed by atoms with Gasteiger partial charge in [0.2, 0.25) is 0 Å². The number of aromatic nitrogens is 2. The molecule has 2 aromatic carbocycles. The van der Waals surface area contributed by atoms with Crippen LogP contribution >= 0.6 is 11.6 Å². The van der Waals surface area contributed by atoms with Crippen LogP contribution in [-0.2, 0) is 0 Å². The van der Waals surface area contributed by atoms with Crippen LogP contribution in [0.5, 0.6) is 0 Å². The molecule has 0 saturated carbocycles. The largest absolute Gasteiger partial charge is 0.273 e. The summed E-state index contributed by atoms with van der Waals surface area (Å²) >= 11 is 5.94. The molecule has 0 aliphatic rings. The Bertz CT molecular complexity index is 987. The molecule has 1 aromatic heterocycles. The first-order valence-electron chi connectivity index (χ1n) is 7.64. The fraction of sp³-hybridized carbons (Fsp3) is 0.0556. The summed E-state index contributed by atoms with van der Waals surface area (Å²) in [5.74, 6) is -1.59. The Labute approximate surface area is 153 Å². The Hall–Kier alpha value is -3.19. The first-order chi connectivity index (χ1) is 12.5. The summed E-state index contributed by atoms with van der Waals surface area (Å²) < 4.78 is 15.2. The van der Waals surface area contributed by atoms with Crippen molar-refractivity contribution in [2.75, 3.05) is 0 Å². The van der Waals surface area contributed by atoms with Crippen molar-refractivity contribution in [2.24, 2.45) is 0 Å². The van der Waals surface area contributed by atoms with E-state index >= 15 is 0 Å². The summed E-state index contributed by atoms with van der Waals surface area (Å²) in [6.07, 6.45) is 1.30. The fourth-order valence-corrected chi connectivity index (χ4v) is 2.61. The highest BCUT2D eigenvalue weighted by atomic mass is 35.5. The lowest BCUT2D eigenvalue weighted by Gasteiger charge is -2.09. The van der Waals surface area contributed by atoms with Gasteiger partial charge in [-0.1, -0.05) is 35.9 Å². The molecule has 8 heteroatoms. The number of hydrogen-bond acceptors (Lipinski definition) is 3. The number of halogens is 2. The molecule has 0 spiro atoms. The molecule has 3 rings (SSSR count). The maximum absolute atomic E-state index is 13.9. The predicted molar refractivity (Wildman–Crippen MR) is 94.6 cm³/mol. The number of nitrogens with one attached hydrogen (secondary N) is 2. The van der Waals surface area contributed by atoms with Crippen molar-refractivity contribution < 1.29 is 14.0 Å². The number of nitrogens with zero attached hydrogens (tertiary/aromatic N) is 2. The van der Waals surface area contributed by atoms with Crippen molar-refractivity contribution in [3.8, 4) is 5.69 Å². The molecule has 0 fully saturated rings. The number of benzene rings is 2. The molecule has 0 atom stereocenters. The van der Waals surface area contributed by atoms with E-state index in [1.165, 1.54) is 23.0 Å². The van der Waals surface area contributed by atoms with Gasteiger partial charge in [0, 0.05) is 0 Å². The van der Waals surface area contributed by atoms with Crippen molar-refractivity contribution in [1.82, 2.24) is 20.6 Å². The first kappa shape index (κ1) is 17.6. The lowest BCUT2D eigenvalue weighted by Crippen LogP contribution is -2.41. The normalized spacial score (nSPS) is 10.4. The zero-order valence-electron chi connectivity index (χ0n) is 13.7. The van der Waals surface area contributed by atoms with E-state index in [0.29, 0.717) is 5.69 Å². The zero-order valence-corrected chi connectivity index (χ0v) is 14.4. The smallest absolute Gasteiger partial charge is 0.267 e. The van der Waals surface area contributed by atoms with Gasteiger partial charge in [0.15, 0.2) is 0 Å². The lowest BCUT2D eigenvalue weighted by atomic mass is 10.2. The molecule has 0 bridgehead atoms. The van der Waals surface area contributed by atoms with Crippen molar-refractivity contribution in [3.05, 3.63) is 82.4 Å². The van der Waals surface area contributed by atoms with E-state index in [1.807, 2.05) is 0 Å². The van der Waals surface area contributed by atoms with Crippen LogP contribution in [0.4, 0.5) is 4.39 Å². The van der Waals surface area contributed by atoms with E-state index in [-0.39, 0.29) is 21.8 Å². The minimum Gasteiger partial charge on any atom is -0.267 e. The Morgan fingerprint density at radius 3 is 2.31 bits per heavy atom. The topological polar surface area (TPSA) is 76.0 Å². The molecule has 2 N–H and O–H groups in total. The van der Waals surface area contributed by atoms with E-state index in [4.69, 9.17) is 11.6 Å². The van der Waals surface area contributed by atoms with Gasteiger partial charge in [0.1, 0.15) is 11.5 Å². The second-order valence-corrected chi connectivity index (χ2v) is 5.80. The molecule has 3 aromatic rings. The average molecular weight is 373 g/mol. The molecule has 0 radical (unpaired) electrons. The van der Waals surface area contributed by atoms with Gasteiger partial charge in [-0.2, -0.15) is 5.10 Å². The van der Waals surface area contributed by atoms with Gasteiger partial charge in [-0.3, -0.25) is 20.4 Å². The number of hydrazine groups is 1. The predicted octanol–water partition coefficient (Wildman–Crippen LogP) is 3.05. The summed E-state index contributed by atoms with van der Waals surface area (Å²) in [5.41, 5.74) is 5.68. The highest BCUT2D eigenvalue weighted by molar-refractivity contribution is 6.33. The van der Waals surface area contributed by atoms with Crippen molar-refractivity contribution >= 4 is 23.4 Å². The molecule has 1 heterocycles. The first-order valence-corrected chi connectivity index (χ1v) is 8.01. The van der Waals surface area contributed by atoms with E-state index in [0.717, 1.165) is 0 Å². The summed E-state index contributed by atoms with van der Waals surface area (Å²) in [4.78, 5) is 24.4. The SMILES string of the molecule is Cc1c(C(=O)NNC(=O)c2ccccc2Cl)cnn1-c1ccccc1F. The maximum Gasteiger partial charge on any atom is 0.273 e.